The normalized spacial score (nSPS) is 12.7. The first-order chi connectivity index (χ1) is 12.5. The highest BCUT2D eigenvalue weighted by Crippen LogP contribution is 2.42. The van der Waals surface area contributed by atoms with Gasteiger partial charge in [0.2, 0.25) is 0 Å². The average Bonchev–Trinajstić information content (AvgIpc) is 2.66. The first kappa shape index (κ1) is 19.4. The highest BCUT2D eigenvalue weighted by molar-refractivity contribution is 7.99. The zero-order chi connectivity index (χ0) is 19.1. The van der Waals surface area contributed by atoms with E-state index in [9.17, 15) is 24.8 Å². The number of hydrogen-bond acceptors (Lipinski definition) is 8. The number of esters is 1. The number of nitro groups is 1. The van der Waals surface area contributed by atoms with Crippen LogP contribution < -0.4 is 4.74 Å². The third-order valence-corrected chi connectivity index (χ3v) is 4.82. The summed E-state index contributed by atoms with van der Waals surface area (Å²) in [6.07, 6.45) is -1.55. The van der Waals surface area contributed by atoms with Crippen molar-refractivity contribution in [1.29, 1.82) is 0 Å². The third kappa shape index (κ3) is 4.58. The van der Waals surface area contributed by atoms with Crippen molar-refractivity contribution in [2.24, 2.45) is 0 Å². The number of nitro benzene ring substituents is 1. The topological polar surface area (TPSA) is 116 Å². The van der Waals surface area contributed by atoms with Gasteiger partial charge in [-0.3, -0.25) is 14.9 Å². The number of carbonyl (C=O) groups excluding carboxylic acids is 2. The summed E-state index contributed by atoms with van der Waals surface area (Å²) >= 11 is 0.965. The van der Waals surface area contributed by atoms with Crippen LogP contribution in [-0.4, -0.2) is 35.7 Å². The van der Waals surface area contributed by atoms with E-state index in [1.54, 1.807) is 18.2 Å². The van der Waals surface area contributed by atoms with Crippen LogP contribution in [0.25, 0.3) is 0 Å². The summed E-state index contributed by atoms with van der Waals surface area (Å²) in [7, 11) is 1.14. The number of nitrogens with zero attached hydrogens (tertiary/aromatic N) is 1. The van der Waals surface area contributed by atoms with Crippen LogP contribution in [0.3, 0.4) is 0 Å². The minimum Gasteiger partial charge on any atom is -0.467 e. The largest absolute Gasteiger partial charge is 0.467 e. The fourth-order valence-electron chi connectivity index (χ4n) is 2.20. The molecule has 2 aromatic rings. The molecule has 0 aliphatic carbocycles. The van der Waals surface area contributed by atoms with E-state index in [2.05, 4.69) is 4.74 Å². The number of carbonyl (C=O) groups is 2. The number of thioether (sulfide) groups is 1. The minimum atomic E-state index is -1.55. The monoisotopic (exact) mass is 377 g/mol. The Balaban J connectivity index is 2.40. The number of para-hydroxylation sites is 1. The van der Waals surface area contributed by atoms with Gasteiger partial charge >= 0.3 is 5.97 Å². The number of hydrogen-bond donors (Lipinski definition) is 1. The van der Waals surface area contributed by atoms with E-state index in [0.29, 0.717) is 10.5 Å². The van der Waals surface area contributed by atoms with Gasteiger partial charge in [-0.15, -0.1) is 11.8 Å². The summed E-state index contributed by atoms with van der Waals surface area (Å²) < 4.78 is 9.29. The Morgan fingerprint density at radius 2 is 1.88 bits per heavy atom. The van der Waals surface area contributed by atoms with E-state index in [1.165, 1.54) is 30.3 Å². The van der Waals surface area contributed by atoms with Crippen molar-refractivity contribution in [1.82, 2.24) is 0 Å². The van der Waals surface area contributed by atoms with E-state index in [1.807, 2.05) is 0 Å². The van der Waals surface area contributed by atoms with Crippen molar-refractivity contribution in [3.8, 4) is 5.75 Å². The Labute approximate surface area is 152 Å². The molecule has 8 nitrogen and oxygen atoms in total. The first-order valence-electron chi connectivity index (χ1n) is 7.34. The van der Waals surface area contributed by atoms with Gasteiger partial charge in [0, 0.05) is 6.07 Å². The molecular formula is C17H15NO7S. The molecule has 136 valence electrons. The summed E-state index contributed by atoms with van der Waals surface area (Å²) in [5.74, 6) is -0.583. The van der Waals surface area contributed by atoms with Crippen molar-refractivity contribution < 1.29 is 29.1 Å². The number of methoxy groups -OCH3 is 1. The first-order valence-corrected chi connectivity index (χ1v) is 8.22. The van der Waals surface area contributed by atoms with Crippen molar-refractivity contribution in [2.45, 2.75) is 16.2 Å². The lowest BCUT2D eigenvalue weighted by Crippen LogP contribution is -2.27. The fraction of sp³-hybridized carbons (Fsp3) is 0.176. The van der Waals surface area contributed by atoms with E-state index in [-0.39, 0.29) is 17.9 Å². The zero-order valence-electron chi connectivity index (χ0n) is 13.6. The van der Waals surface area contributed by atoms with Gasteiger partial charge < -0.3 is 14.6 Å². The van der Waals surface area contributed by atoms with Gasteiger partial charge in [0.1, 0.15) is 5.75 Å². The number of ether oxygens (including phenoxy) is 2. The third-order valence-electron chi connectivity index (χ3n) is 3.44. The molecular weight excluding hydrogens is 362 g/mol. The summed E-state index contributed by atoms with van der Waals surface area (Å²) in [5, 5.41) is 20.7. The van der Waals surface area contributed by atoms with Crippen LogP contribution in [0.2, 0.25) is 0 Å². The molecule has 1 N–H and O–H groups in total. The van der Waals surface area contributed by atoms with E-state index in [0.717, 1.165) is 18.9 Å². The van der Waals surface area contributed by atoms with E-state index < -0.39 is 22.2 Å². The van der Waals surface area contributed by atoms with Crippen LogP contribution in [0.4, 0.5) is 5.69 Å². The molecule has 0 heterocycles. The summed E-state index contributed by atoms with van der Waals surface area (Å²) in [5.41, 5.74) is 0.366. The fourth-order valence-corrected chi connectivity index (χ4v) is 3.42. The second-order valence-electron chi connectivity index (χ2n) is 5.01. The molecule has 2 rings (SSSR count). The molecule has 2 atom stereocenters. The molecule has 0 aliphatic rings. The lowest BCUT2D eigenvalue weighted by molar-refractivity contribution is -0.387. The maximum absolute atomic E-state index is 11.8. The molecule has 0 saturated heterocycles. The van der Waals surface area contributed by atoms with E-state index in [4.69, 9.17) is 4.74 Å². The standard InChI is InChI=1S/C17H15NO7S/c1-24-17(21)15(20)16(11-6-8-12(9-7-11)25-10-19)26-14-5-3-2-4-13(14)18(22)23/h2-10,15-16,20H,1H3/t15-,16+/m1/s1. The lowest BCUT2D eigenvalue weighted by atomic mass is 10.1. The van der Waals surface area contributed by atoms with Crippen LogP contribution in [0, 0.1) is 10.1 Å². The molecule has 0 amide bonds. The predicted octanol–water partition coefficient (Wildman–Crippen LogP) is 2.50. The number of benzene rings is 2. The second-order valence-corrected chi connectivity index (χ2v) is 6.20. The molecule has 2 aromatic carbocycles. The van der Waals surface area contributed by atoms with Crippen molar-refractivity contribution in [2.75, 3.05) is 7.11 Å². The molecule has 0 saturated carbocycles. The van der Waals surface area contributed by atoms with Crippen molar-refractivity contribution in [3.63, 3.8) is 0 Å². The molecule has 0 bridgehead atoms. The van der Waals surface area contributed by atoms with Gasteiger partial charge in [-0.1, -0.05) is 24.3 Å². The number of rotatable bonds is 8. The summed E-state index contributed by atoms with van der Waals surface area (Å²) in [4.78, 5) is 33.2. The Kier molecular flexibility index (Phi) is 6.70. The van der Waals surface area contributed by atoms with Crippen LogP contribution in [-0.2, 0) is 14.3 Å². The summed E-state index contributed by atoms with van der Waals surface area (Å²) in [6, 6.07) is 12.1. The molecule has 9 heteroatoms. The van der Waals surface area contributed by atoms with Crippen LogP contribution in [0.15, 0.2) is 53.4 Å². The molecule has 0 spiro atoms. The lowest BCUT2D eigenvalue weighted by Gasteiger charge is -2.21. The zero-order valence-corrected chi connectivity index (χ0v) is 14.4. The molecule has 0 fully saturated rings. The van der Waals surface area contributed by atoms with Gasteiger partial charge in [-0.2, -0.15) is 0 Å². The van der Waals surface area contributed by atoms with E-state index >= 15 is 0 Å². The van der Waals surface area contributed by atoms with Gasteiger partial charge in [0.05, 0.1) is 22.2 Å². The minimum absolute atomic E-state index is 0.138. The van der Waals surface area contributed by atoms with Crippen LogP contribution >= 0.6 is 11.8 Å². The van der Waals surface area contributed by atoms with Gasteiger partial charge in [0.15, 0.2) is 6.10 Å². The van der Waals surface area contributed by atoms with Crippen molar-refractivity contribution >= 4 is 29.9 Å². The highest BCUT2D eigenvalue weighted by atomic mass is 32.2. The molecule has 0 unspecified atom stereocenters. The summed E-state index contributed by atoms with van der Waals surface area (Å²) in [6.45, 7) is 0.276. The Hall–Kier alpha value is -2.91. The Morgan fingerprint density at radius 1 is 1.23 bits per heavy atom. The van der Waals surface area contributed by atoms with Crippen LogP contribution in [0.1, 0.15) is 10.8 Å². The molecule has 0 aliphatic heterocycles. The van der Waals surface area contributed by atoms with Gasteiger partial charge in [-0.25, -0.2) is 4.79 Å². The second kappa shape index (κ2) is 8.97. The quantitative estimate of drug-likeness (QED) is 0.245. The smallest absolute Gasteiger partial charge is 0.336 e. The molecule has 26 heavy (non-hydrogen) atoms. The van der Waals surface area contributed by atoms with Crippen molar-refractivity contribution in [3.05, 3.63) is 64.2 Å². The maximum Gasteiger partial charge on any atom is 0.336 e. The Bertz CT molecular complexity index is 794. The SMILES string of the molecule is COC(=O)[C@H](O)[C@@H](Sc1ccccc1[N+](=O)[O-])c1ccc(OC=O)cc1. The Morgan fingerprint density at radius 3 is 2.46 bits per heavy atom. The number of aliphatic hydroxyl groups excluding tert-OH is 1. The van der Waals surface area contributed by atoms with Gasteiger partial charge in [-0.05, 0) is 23.8 Å². The molecule has 0 radical (unpaired) electrons. The van der Waals surface area contributed by atoms with Crippen LogP contribution in [0.5, 0.6) is 5.75 Å². The highest BCUT2D eigenvalue weighted by Gasteiger charge is 2.31. The average molecular weight is 377 g/mol. The maximum atomic E-state index is 11.8. The number of aliphatic hydroxyl groups is 1. The molecule has 0 aromatic heterocycles. The van der Waals surface area contributed by atoms with Gasteiger partial charge in [0.25, 0.3) is 12.2 Å². The predicted molar refractivity (Wildman–Crippen MR) is 92.9 cm³/mol.